The molecule has 2 atom stereocenters. The maximum atomic E-state index is 10.8. The van der Waals surface area contributed by atoms with E-state index < -0.39 is 0 Å². The van der Waals surface area contributed by atoms with Gasteiger partial charge in [-0.15, -0.1) is 0 Å². The normalized spacial score (nSPS) is 19.1. The van der Waals surface area contributed by atoms with Crippen LogP contribution in [0.5, 0.6) is 11.5 Å². The van der Waals surface area contributed by atoms with Gasteiger partial charge in [-0.1, -0.05) is 12.1 Å². The molecule has 0 aliphatic carbocycles. The lowest BCUT2D eigenvalue weighted by Gasteiger charge is -2.11. The van der Waals surface area contributed by atoms with E-state index in [4.69, 9.17) is 18.9 Å². The van der Waals surface area contributed by atoms with Crippen LogP contribution in [0.4, 0.5) is 9.59 Å². The van der Waals surface area contributed by atoms with Crippen molar-refractivity contribution in [2.75, 3.05) is 26.3 Å². The number of nitrogens with one attached hydrogen (secondary N) is 2. The van der Waals surface area contributed by atoms with Gasteiger partial charge in [-0.05, 0) is 74.2 Å². The van der Waals surface area contributed by atoms with E-state index in [1.54, 1.807) is 0 Å². The lowest BCUT2D eigenvalue weighted by Crippen LogP contribution is -2.21. The van der Waals surface area contributed by atoms with Crippen LogP contribution in [-0.4, -0.2) is 50.7 Å². The van der Waals surface area contributed by atoms with Crippen LogP contribution in [-0.2, 0) is 9.47 Å². The number of benzene rings is 2. The van der Waals surface area contributed by atoms with Gasteiger partial charge in [0.1, 0.15) is 24.7 Å². The highest BCUT2D eigenvalue weighted by Crippen LogP contribution is 2.18. The second-order valence-electron chi connectivity index (χ2n) is 8.09. The third kappa shape index (κ3) is 7.37. The Morgan fingerprint density at radius 2 is 1.03 bits per heavy atom. The maximum Gasteiger partial charge on any atom is 0.407 e. The number of ether oxygens (including phenoxy) is 4. The van der Waals surface area contributed by atoms with Gasteiger partial charge in [-0.25, -0.2) is 9.59 Å². The fourth-order valence-electron chi connectivity index (χ4n) is 3.46. The largest absolute Gasteiger partial charge is 0.490 e. The third-order valence-corrected chi connectivity index (χ3v) is 4.76. The molecule has 2 aliphatic rings. The van der Waals surface area contributed by atoms with Crippen molar-refractivity contribution in [2.45, 2.75) is 39.9 Å². The zero-order valence-corrected chi connectivity index (χ0v) is 18.9. The summed E-state index contributed by atoms with van der Waals surface area (Å²) in [5, 5.41) is 5.17. The smallest absolute Gasteiger partial charge is 0.407 e. The number of hydrogen-bond acceptors (Lipinski definition) is 6. The van der Waals surface area contributed by atoms with Crippen LogP contribution in [0.25, 0.3) is 0 Å². The molecule has 32 heavy (non-hydrogen) atoms. The zero-order chi connectivity index (χ0) is 23.1. The number of hydrogen-bond donors (Lipinski definition) is 2. The molecule has 0 saturated carbocycles. The number of amides is 2. The topological polar surface area (TPSA) is 95.1 Å². The minimum absolute atomic E-state index is 0.187. The van der Waals surface area contributed by atoms with Crippen LogP contribution in [0.2, 0.25) is 0 Å². The molecule has 172 valence electrons. The van der Waals surface area contributed by atoms with Crippen LogP contribution < -0.4 is 20.1 Å². The summed E-state index contributed by atoms with van der Waals surface area (Å²) in [7, 11) is 0. The van der Waals surface area contributed by atoms with Crippen LogP contribution in [0.15, 0.2) is 36.4 Å². The van der Waals surface area contributed by atoms with Crippen molar-refractivity contribution in [2.24, 2.45) is 0 Å². The minimum Gasteiger partial charge on any atom is -0.490 e. The molecular weight excluding hydrogens is 412 g/mol. The number of aryl methyl sites for hydroxylation is 4. The second kappa shape index (κ2) is 10.7. The summed E-state index contributed by atoms with van der Waals surface area (Å²) in [6, 6.07) is 12.1. The van der Waals surface area contributed by atoms with Crippen molar-refractivity contribution in [3.05, 3.63) is 58.7 Å². The molecule has 0 bridgehead atoms. The van der Waals surface area contributed by atoms with Gasteiger partial charge < -0.3 is 29.6 Å². The molecule has 2 unspecified atom stereocenters. The Morgan fingerprint density at radius 1 is 0.688 bits per heavy atom. The van der Waals surface area contributed by atoms with Crippen LogP contribution in [0.3, 0.4) is 0 Å². The molecule has 8 heteroatoms. The number of alkyl carbamates (subject to hydrolysis) is 2. The Bertz CT molecular complexity index is 844. The summed E-state index contributed by atoms with van der Waals surface area (Å²) in [5.41, 5.74) is 4.65. The van der Waals surface area contributed by atoms with Gasteiger partial charge in [0.2, 0.25) is 0 Å². The first-order valence-electron chi connectivity index (χ1n) is 10.6. The fraction of sp³-hybridized carbons (Fsp3) is 0.417. The first-order valence-corrected chi connectivity index (χ1v) is 10.6. The molecule has 0 spiro atoms. The first kappa shape index (κ1) is 23.2. The van der Waals surface area contributed by atoms with Crippen molar-refractivity contribution >= 4 is 12.2 Å². The molecule has 2 aliphatic heterocycles. The van der Waals surface area contributed by atoms with Crippen LogP contribution in [0, 0.1) is 27.7 Å². The number of cyclic esters (lactones) is 2. The summed E-state index contributed by atoms with van der Waals surface area (Å²) in [6.07, 6.45) is -1.11. The molecule has 0 radical (unpaired) electrons. The lowest BCUT2D eigenvalue weighted by atomic mass is 10.1. The van der Waals surface area contributed by atoms with Gasteiger partial charge >= 0.3 is 12.2 Å². The van der Waals surface area contributed by atoms with E-state index in [1.165, 1.54) is 0 Å². The average molecular weight is 443 g/mol. The van der Waals surface area contributed by atoms with Crippen LogP contribution in [0.1, 0.15) is 22.3 Å². The second-order valence-corrected chi connectivity index (χ2v) is 8.09. The van der Waals surface area contributed by atoms with Gasteiger partial charge in [-0.3, -0.25) is 0 Å². The van der Waals surface area contributed by atoms with Gasteiger partial charge in [0.25, 0.3) is 0 Å². The molecule has 2 fully saturated rings. The molecule has 8 nitrogen and oxygen atoms in total. The predicted molar refractivity (Wildman–Crippen MR) is 119 cm³/mol. The van der Waals surface area contributed by atoms with Crippen molar-refractivity contribution in [1.82, 2.24) is 10.6 Å². The molecule has 2 aromatic carbocycles. The van der Waals surface area contributed by atoms with Gasteiger partial charge in [0.05, 0.1) is 13.1 Å². The van der Waals surface area contributed by atoms with Crippen molar-refractivity contribution in [3.63, 3.8) is 0 Å². The maximum absolute atomic E-state index is 10.8. The molecule has 4 rings (SSSR count). The summed E-state index contributed by atoms with van der Waals surface area (Å²) in [5.74, 6) is 1.64. The lowest BCUT2D eigenvalue weighted by molar-refractivity contribution is 0.104. The molecule has 2 heterocycles. The molecule has 2 amide bonds. The summed E-state index contributed by atoms with van der Waals surface area (Å²) in [6.45, 7) is 9.92. The van der Waals surface area contributed by atoms with E-state index in [9.17, 15) is 9.59 Å². The van der Waals surface area contributed by atoms with Crippen molar-refractivity contribution < 1.29 is 28.5 Å². The van der Waals surface area contributed by atoms with E-state index in [1.807, 2.05) is 52.0 Å². The highest BCUT2D eigenvalue weighted by molar-refractivity contribution is 5.69. The Hall–Kier alpha value is -3.42. The summed E-state index contributed by atoms with van der Waals surface area (Å²) < 4.78 is 21.1. The standard InChI is InChI=1S/2C12H15NO3/c2*1-8-3-9(2)5-10(4-8)15-7-11-6-13-12(14)16-11/h2*3-5,11H,6-7H2,1-2H3,(H,13,14). The zero-order valence-electron chi connectivity index (χ0n) is 18.9. The van der Waals surface area contributed by atoms with E-state index in [-0.39, 0.29) is 24.4 Å². The Morgan fingerprint density at radius 3 is 1.31 bits per heavy atom. The number of carbonyl (C=O) groups is 2. The quantitative estimate of drug-likeness (QED) is 0.710. The van der Waals surface area contributed by atoms with Gasteiger partial charge in [0, 0.05) is 0 Å². The fourth-order valence-corrected chi connectivity index (χ4v) is 3.46. The van der Waals surface area contributed by atoms with E-state index in [2.05, 4.69) is 22.8 Å². The monoisotopic (exact) mass is 442 g/mol. The molecule has 2 N–H and O–H groups in total. The minimum atomic E-state index is -0.367. The number of rotatable bonds is 6. The molecule has 2 aromatic rings. The van der Waals surface area contributed by atoms with E-state index >= 15 is 0 Å². The number of carbonyl (C=O) groups excluding carboxylic acids is 2. The van der Waals surface area contributed by atoms with E-state index in [0.717, 1.165) is 33.8 Å². The van der Waals surface area contributed by atoms with Crippen molar-refractivity contribution in [1.29, 1.82) is 0 Å². The van der Waals surface area contributed by atoms with Crippen LogP contribution >= 0.6 is 0 Å². The molecule has 0 aromatic heterocycles. The Balaban J connectivity index is 0.000000181. The van der Waals surface area contributed by atoms with E-state index in [0.29, 0.717) is 26.3 Å². The predicted octanol–water partition coefficient (Wildman–Crippen LogP) is 3.58. The summed E-state index contributed by atoms with van der Waals surface area (Å²) >= 11 is 0. The Kier molecular flexibility index (Phi) is 7.81. The highest BCUT2D eigenvalue weighted by Gasteiger charge is 2.23. The van der Waals surface area contributed by atoms with Gasteiger partial charge in [-0.2, -0.15) is 0 Å². The Labute approximate surface area is 188 Å². The first-order chi connectivity index (χ1) is 15.3. The third-order valence-electron chi connectivity index (χ3n) is 4.76. The average Bonchev–Trinajstić information content (AvgIpc) is 3.32. The SMILES string of the molecule is Cc1cc(C)cc(OCC2CNC(=O)O2)c1.Cc1cc(C)cc(OCC2CNC(=O)O2)c1. The van der Waals surface area contributed by atoms with Gasteiger partial charge in [0.15, 0.2) is 12.2 Å². The molecular formula is C24H30N2O6. The van der Waals surface area contributed by atoms with Crippen molar-refractivity contribution in [3.8, 4) is 11.5 Å². The highest BCUT2D eigenvalue weighted by atomic mass is 16.6. The summed E-state index contributed by atoms with van der Waals surface area (Å²) in [4.78, 5) is 21.6. The molecule has 2 saturated heterocycles.